The van der Waals surface area contributed by atoms with Crippen molar-refractivity contribution in [2.45, 2.75) is 13.0 Å². The van der Waals surface area contributed by atoms with Gasteiger partial charge in [-0.2, -0.15) is 0 Å². The maximum atomic E-state index is 13.2. The van der Waals surface area contributed by atoms with Gasteiger partial charge in [0.2, 0.25) is 0 Å². The van der Waals surface area contributed by atoms with Gasteiger partial charge in [0, 0.05) is 32.9 Å². The molecule has 118 valence electrons. The number of halogens is 2. The molecule has 1 aromatic rings. The molecule has 21 heavy (non-hydrogen) atoms. The first kappa shape index (κ1) is 17.7. The molecule has 4 nitrogen and oxygen atoms in total. The lowest BCUT2D eigenvalue weighted by Gasteiger charge is -2.27. The number of nitrogens with zero attached hydrogens (tertiary/aromatic N) is 1. The lowest BCUT2D eigenvalue weighted by atomic mass is 10.0. The largest absolute Gasteiger partial charge is 0.383 e. The zero-order valence-corrected chi connectivity index (χ0v) is 12.6. The predicted molar refractivity (Wildman–Crippen MR) is 75.5 cm³/mol. The summed E-state index contributed by atoms with van der Waals surface area (Å²) in [7, 11) is 3.16. The van der Waals surface area contributed by atoms with E-state index in [2.05, 4.69) is 0 Å². The lowest BCUT2D eigenvalue weighted by molar-refractivity contribution is 0.0686. The summed E-state index contributed by atoms with van der Waals surface area (Å²) in [5.41, 5.74) is 0.154. The SMILES string of the molecule is COCCN(CCOC)C(C)C(=O)c1ccc(F)c(F)c1. The van der Waals surface area contributed by atoms with Crippen molar-refractivity contribution >= 4 is 5.78 Å². The Morgan fingerprint density at radius 1 is 1.14 bits per heavy atom. The molecule has 0 aliphatic heterocycles. The van der Waals surface area contributed by atoms with Crippen LogP contribution in [0.25, 0.3) is 0 Å². The molecule has 1 rings (SSSR count). The fourth-order valence-corrected chi connectivity index (χ4v) is 1.97. The molecule has 1 atom stereocenters. The second kappa shape index (κ2) is 8.81. The summed E-state index contributed by atoms with van der Waals surface area (Å²) in [6, 6.07) is 2.71. The zero-order chi connectivity index (χ0) is 15.8. The molecule has 0 aliphatic carbocycles. The summed E-state index contributed by atoms with van der Waals surface area (Å²) >= 11 is 0. The first-order valence-electron chi connectivity index (χ1n) is 6.72. The third kappa shape index (κ3) is 5.15. The van der Waals surface area contributed by atoms with Gasteiger partial charge in [0.15, 0.2) is 17.4 Å². The van der Waals surface area contributed by atoms with Gasteiger partial charge in [-0.25, -0.2) is 8.78 Å². The first-order chi connectivity index (χ1) is 10.0. The van der Waals surface area contributed by atoms with Crippen LogP contribution in [0.1, 0.15) is 17.3 Å². The van der Waals surface area contributed by atoms with Crippen LogP contribution in [0.2, 0.25) is 0 Å². The van der Waals surface area contributed by atoms with E-state index < -0.39 is 17.7 Å². The molecule has 0 aromatic heterocycles. The molecule has 0 amide bonds. The van der Waals surface area contributed by atoms with Crippen molar-refractivity contribution in [1.82, 2.24) is 4.90 Å². The number of methoxy groups -OCH3 is 2. The van der Waals surface area contributed by atoms with E-state index in [-0.39, 0.29) is 11.3 Å². The minimum Gasteiger partial charge on any atom is -0.383 e. The molecule has 0 heterocycles. The fraction of sp³-hybridized carbons (Fsp3) is 0.533. The summed E-state index contributed by atoms with van der Waals surface area (Å²) in [4.78, 5) is 14.2. The Kier molecular flexibility index (Phi) is 7.42. The number of Topliss-reactive ketones (excluding diaryl/α,β-unsaturated/α-hetero) is 1. The Morgan fingerprint density at radius 2 is 1.71 bits per heavy atom. The van der Waals surface area contributed by atoms with Crippen LogP contribution in [0.15, 0.2) is 18.2 Å². The maximum absolute atomic E-state index is 13.2. The van der Waals surface area contributed by atoms with Crippen LogP contribution in [0.3, 0.4) is 0 Å². The molecule has 0 bridgehead atoms. The number of carbonyl (C=O) groups excluding carboxylic acids is 1. The monoisotopic (exact) mass is 301 g/mol. The van der Waals surface area contributed by atoms with E-state index >= 15 is 0 Å². The molecule has 0 radical (unpaired) electrons. The van der Waals surface area contributed by atoms with Gasteiger partial charge in [-0.3, -0.25) is 9.69 Å². The van der Waals surface area contributed by atoms with Gasteiger partial charge < -0.3 is 9.47 Å². The normalized spacial score (nSPS) is 12.7. The second-order valence-corrected chi connectivity index (χ2v) is 4.69. The number of benzene rings is 1. The van der Waals surface area contributed by atoms with Gasteiger partial charge in [0.25, 0.3) is 0 Å². The third-order valence-corrected chi connectivity index (χ3v) is 3.30. The standard InChI is InChI=1S/C15H21F2NO3/c1-11(18(6-8-20-2)7-9-21-3)15(19)12-4-5-13(16)14(17)10-12/h4-5,10-11H,6-9H2,1-3H3. The van der Waals surface area contributed by atoms with Crippen LogP contribution >= 0.6 is 0 Å². The Labute approximate surface area is 123 Å². The highest BCUT2D eigenvalue weighted by atomic mass is 19.2. The fourth-order valence-electron chi connectivity index (χ4n) is 1.97. The zero-order valence-electron chi connectivity index (χ0n) is 12.6. The molecule has 0 N–H and O–H groups in total. The average Bonchev–Trinajstić information content (AvgIpc) is 2.49. The Bertz CT molecular complexity index is 460. The van der Waals surface area contributed by atoms with Crippen molar-refractivity contribution < 1.29 is 23.0 Å². The van der Waals surface area contributed by atoms with Crippen molar-refractivity contribution in [2.75, 3.05) is 40.5 Å². The molecule has 6 heteroatoms. The molecule has 0 saturated carbocycles. The highest BCUT2D eigenvalue weighted by molar-refractivity contribution is 5.99. The number of hydrogen-bond acceptors (Lipinski definition) is 4. The first-order valence-corrected chi connectivity index (χ1v) is 6.72. The van der Waals surface area contributed by atoms with E-state index in [0.29, 0.717) is 26.3 Å². The van der Waals surface area contributed by atoms with Gasteiger partial charge >= 0.3 is 0 Å². The minimum absolute atomic E-state index is 0.154. The van der Waals surface area contributed by atoms with Gasteiger partial charge in [-0.05, 0) is 25.1 Å². The van der Waals surface area contributed by atoms with Crippen molar-refractivity contribution in [2.24, 2.45) is 0 Å². The molecule has 0 fully saturated rings. The van der Waals surface area contributed by atoms with Crippen LogP contribution < -0.4 is 0 Å². The van der Waals surface area contributed by atoms with Crippen molar-refractivity contribution in [3.63, 3.8) is 0 Å². The molecule has 0 saturated heterocycles. The number of rotatable bonds is 9. The quantitative estimate of drug-likeness (QED) is 0.655. The maximum Gasteiger partial charge on any atom is 0.179 e. The van der Waals surface area contributed by atoms with E-state index in [9.17, 15) is 13.6 Å². The molecular weight excluding hydrogens is 280 g/mol. The van der Waals surface area contributed by atoms with Crippen molar-refractivity contribution in [3.8, 4) is 0 Å². The van der Waals surface area contributed by atoms with Crippen LogP contribution in [-0.2, 0) is 9.47 Å². The molecule has 0 aliphatic rings. The Morgan fingerprint density at radius 3 is 2.19 bits per heavy atom. The van der Waals surface area contributed by atoms with Crippen LogP contribution in [-0.4, -0.2) is 57.2 Å². The number of ketones is 1. The van der Waals surface area contributed by atoms with Crippen molar-refractivity contribution in [1.29, 1.82) is 0 Å². The van der Waals surface area contributed by atoms with E-state index in [0.717, 1.165) is 12.1 Å². The average molecular weight is 301 g/mol. The minimum atomic E-state index is -1.02. The summed E-state index contributed by atoms with van der Waals surface area (Å²) < 4.78 is 36.2. The molecule has 1 unspecified atom stereocenters. The third-order valence-electron chi connectivity index (χ3n) is 3.30. The van der Waals surface area contributed by atoms with Gasteiger partial charge in [0.05, 0.1) is 19.3 Å². The van der Waals surface area contributed by atoms with Gasteiger partial charge in [0.1, 0.15) is 0 Å². The summed E-state index contributed by atoms with van der Waals surface area (Å²) in [6.07, 6.45) is 0. The molecule has 0 spiro atoms. The van der Waals surface area contributed by atoms with E-state index in [1.165, 1.54) is 6.07 Å². The summed E-state index contributed by atoms with van der Waals surface area (Å²) in [5.74, 6) is -2.25. The van der Waals surface area contributed by atoms with E-state index in [4.69, 9.17) is 9.47 Å². The highest BCUT2D eigenvalue weighted by Gasteiger charge is 2.23. The van der Waals surface area contributed by atoms with E-state index in [1.54, 1.807) is 21.1 Å². The summed E-state index contributed by atoms with van der Waals surface area (Å²) in [5, 5.41) is 0. The van der Waals surface area contributed by atoms with Gasteiger partial charge in [-0.15, -0.1) is 0 Å². The topological polar surface area (TPSA) is 38.8 Å². The highest BCUT2D eigenvalue weighted by Crippen LogP contribution is 2.13. The van der Waals surface area contributed by atoms with Crippen molar-refractivity contribution in [3.05, 3.63) is 35.4 Å². The van der Waals surface area contributed by atoms with E-state index in [1.807, 2.05) is 4.90 Å². The number of carbonyl (C=O) groups is 1. The lowest BCUT2D eigenvalue weighted by Crippen LogP contribution is -2.42. The second-order valence-electron chi connectivity index (χ2n) is 4.69. The number of ether oxygens (including phenoxy) is 2. The summed E-state index contributed by atoms with van der Waals surface area (Å²) in [6.45, 7) is 3.78. The Balaban J connectivity index is 2.82. The van der Waals surface area contributed by atoms with Crippen LogP contribution in [0.5, 0.6) is 0 Å². The Hall–Kier alpha value is -1.37. The number of hydrogen-bond donors (Lipinski definition) is 0. The van der Waals surface area contributed by atoms with Crippen LogP contribution in [0, 0.1) is 11.6 Å². The van der Waals surface area contributed by atoms with Gasteiger partial charge in [-0.1, -0.05) is 0 Å². The molecule has 1 aromatic carbocycles. The molecular formula is C15H21F2NO3. The smallest absolute Gasteiger partial charge is 0.179 e. The predicted octanol–water partition coefficient (Wildman–Crippen LogP) is 2.13. The van der Waals surface area contributed by atoms with Crippen LogP contribution in [0.4, 0.5) is 8.78 Å².